The van der Waals surface area contributed by atoms with Gasteiger partial charge in [-0.25, -0.2) is 9.78 Å². The van der Waals surface area contributed by atoms with Crippen molar-refractivity contribution in [2.24, 2.45) is 5.92 Å². The van der Waals surface area contributed by atoms with E-state index in [-0.39, 0.29) is 5.97 Å². The first-order chi connectivity index (χ1) is 16.6. The molecule has 0 saturated heterocycles. The lowest BCUT2D eigenvalue weighted by Gasteiger charge is -2.16. The Balaban J connectivity index is 1.46. The Bertz CT molecular complexity index is 1250. The lowest BCUT2D eigenvalue weighted by molar-refractivity contribution is 0.0428. The molecular weight excluding hydrogens is 528 g/mol. The predicted octanol–water partition coefficient (Wildman–Crippen LogP) is 9.27. The van der Waals surface area contributed by atoms with Crippen molar-refractivity contribution in [3.8, 4) is 10.6 Å². The van der Waals surface area contributed by atoms with Gasteiger partial charge in [0.15, 0.2) is 0 Å². The summed E-state index contributed by atoms with van der Waals surface area (Å²) in [6.45, 7) is 4.97. The number of nitrogens with zero attached hydrogens (tertiary/aromatic N) is 2. The highest BCUT2D eigenvalue weighted by Crippen LogP contribution is 2.33. The lowest BCUT2D eigenvalue weighted by atomic mass is 9.96. The molecule has 0 spiro atoms. The molecule has 0 bridgehead atoms. The Morgan fingerprint density at radius 3 is 2.59 bits per heavy atom. The maximum Gasteiger partial charge on any atom is 0.348 e. The van der Waals surface area contributed by atoms with E-state index in [0.717, 1.165) is 48.3 Å². The fraction of sp³-hybridized carbons (Fsp3) is 0.444. The molecule has 0 aliphatic carbocycles. The molecule has 0 saturated carbocycles. The van der Waals surface area contributed by atoms with Gasteiger partial charge in [-0.2, -0.15) is 0 Å². The molecular formula is C27H31BrN2O2S2. The molecule has 3 aromatic heterocycles. The third-order valence-electron chi connectivity index (χ3n) is 6.09. The molecule has 3 heterocycles. The zero-order valence-electron chi connectivity index (χ0n) is 19.8. The topological polar surface area (TPSA) is 52.1 Å². The molecule has 1 atom stereocenters. The van der Waals surface area contributed by atoms with E-state index in [0.29, 0.717) is 17.4 Å². The van der Waals surface area contributed by atoms with Crippen LogP contribution in [0.4, 0.5) is 0 Å². The Labute approximate surface area is 217 Å². The van der Waals surface area contributed by atoms with Crippen LogP contribution < -0.4 is 0 Å². The predicted molar refractivity (Wildman–Crippen MR) is 148 cm³/mol. The second-order valence-corrected chi connectivity index (χ2v) is 12.4. The molecule has 4 rings (SSSR count). The van der Waals surface area contributed by atoms with Crippen LogP contribution in [0.2, 0.25) is 0 Å². The summed E-state index contributed by atoms with van der Waals surface area (Å²) < 4.78 is 7.89. The minimum Gasteiger partial charge on any atom is -0.461 e. The van der Waals surface area contributed by atoms with Crippen molar-refractivity contribution >= 4 is 65.7 Å². The largest absolute Gasteiger partial charge is 0.461 e. The molecule has 0 aliphatic heterocycles. The quantitative estimate of drug-likeness (QED) is 0.128. The minimum atomic E-state index is -0.217. The minimum absolute atomic E-state index is 0.217. The van der Waals surface area contributed by atoms with Crippen molar-refractivity contribution in [1.82, 2.24) is 9.97 Å². The standard InChI is InChI=1S/C27H31BrN2O2S2/c1-3-5-7-8-10-18(9-6-4-2)17-32-27(31)25-14-19-13-21-20(15-24(19)33-25)29-16-22(30-21)23-11-12-26(28)34-23/h11-16,18H,3-10,17H2,1-2H3. The van der Waals surface area contributed by atoms with Crippen LogP contribution in [0.15, 0.2) is 40.3 Å². The average Bonchev–Trinajstić information content (AvgIpc) is 3.46. The van der Waals surface area contributed by atoms with Crippen LogP contribution in [0, 0.1) is 5.92 Å². The van der Waals surface area contributed by atoms with Crippen molar-refractivity contribution < 1.29 is 9.53 Å². The molecule has 1 unspecified atom stereocenters. The van der Waals surface area contributed by atoms with Crippen molar-refractivity contribution in [2.45, 2.75) is 65.2 Å². The summed E-state index contributed by atoms with van der Waals surface area (Å²) in [7, 11) is 0. The number of unbranched alkanes of at least 4 members (excludes halogenated alkanes) is 4. The monoisotopic (exact) mass is 558 g/mol. The molecule has 180 valence electrons. The third kappa shape index (κ3) is 6.43. The van der Waals surface area contributed by atoms with Gasteiger partial charge in [-0.3, -0.25) is 4.98 Å². The van der Waals surface area contributed by atoms with Crippen molar-refractivity contribution in [3.63, 3.8) is 0 Å². The summed E-state index contributed by atoms with van der Waals surface area (Å²) in [5.41, 5.74) is 2.52. The fourth-order valence-corrected chi connectivity index (χ4v) is 6.46. The number of aromatic nitrogens is 2. The normalized spacial score (nSPS) is 12.4. The first-order valence-electron chi connectivity index (χ1n) is 12.2. The van der Waals surface area contributed by atoms with Gasteiger partial charge in [-0.05, 0) is 70.4 Å². The van der Waals surface area contributed by atoms with Gasteiger partial charge >= 0.3 is 5.97 Å². The van der Waals surface area contributed by atoms with Crippen LogP contribution in [-0.4, -0.2) is 22.5 Å². The second-order valence-electron chi connectivity index (χ2n) is 8.80. The molecule has 0 fully saturated rings. The Hall–Kier alpha value is -1.83. The summed E-state index contributed by atoms with van der Waals surface area (Å²) in [6.07, 6.45) is 11.5. The van der Waals surface area contributed by atoms with Gasteiger partial charge in [0.25, 0.3) is 0 Å². The van der Waals surface area contributed by atoms with Gasteiger partial charge in [-0.1, -0.05) is 52.4 Å². The maximum atomic E-state index is 12.9. The number of carbonyl (C=O) groups is 1. The van der Waals surface area contributed by atoms with Crippen molar-refractivity contribution in [1.29, 1.82) is 0 Å². The molecule has 0 N–H and O–H groups in total. The average molecular weight is 560 g/mol. The Morgan fingerprint density at radius 2 is 1.82 bits per heavy atom. The van der Waals surface area contributed by atoms with E-state index >= 15 is 0 Å². The first-order valence-corrected chi connectivity index (χ1v) is 14.6. The van der Waals surface area contributed by atoms with E-state index in [4.69, 9.17) is 9.72 Å². The molecule has 4 aromatic rings. The summed E-state index contributed by atoms with van der Waals surface area (Å²) in [5.74, 6) is 0.243. The molecule has 1 aromatic carbocycles. The number of halogens is 1. The smallest absolute Gasteiger partial charge is 0.348 e. The zero-order valence-corrected chi connectivity index (χ0v) is 23.0. The van der Waals surface area contributed by atoms with Gasteiger partial charge in [0, 0.05) is 4.70 Å². The number of esters is 1. The number of ether oxygens (including phenoxy) is 1. The van der Waals surface area contributed by atoms with Crippen LogP contribution in [0.3, 0.4) is 0 Å². The highest BCUT2D eigenvalue weighted by molar-refractivity contribution is 9.11. The van der Waals surface area contributed by atoms with E-state index in [1.807, 2.05) is 36.5 Å². The van der Waals surface area contributed by atoms with Crippen LogP contribution >= 0.6 is 38.6 Å². The first kappa shape index (κ1) is 25.3. The van der Waals surface area contributed by atoms with Crippen molar-refractivity contribution in [3.05, 3.63) is 45.2 Å². The zero-order chi connectivity index (χ0) is 23.9. The van der Waals surface area contributed by atoms with Gasteiger partial charge in [0.1, 0.15) is 4.88 Å². The SMILES string of the molecule is CCCCCCC(CCCC)COC(=O)c1cc2cc3nc(-c4ccc(Br)s4)cnc3cc2s1. The molecule has 0 amide bonds. The lowest BCUT2D eigenvalue weighted by Crippen LogP contribution is -2.14. The van der Waals surface area contributed by atoms with Gasteiger partial charge in [0.2, 0.25) is 0 Å². The number of fused-ring (bicyclic) bond motifs is 2. The van der Waals surface area contributed by atoms with E-state index in [1.165, 1.54) is 49.9 Å². The third-order valence-corrected chi connectivity index (χ3v) is 8.81. The van der Waals surface area contributed by atoms with Crippen molar-refractivity contribution in [2.75, 3.05) is 6.61 Å². The van der Waals surface area contributed by atoms with Crippen LogP contribution in [0.25, 0.3) is 31.7 Å². The Kier molecular flexibility index (Phi) is 9.09. The van der Waals surface area contributed by atoms with E-state index in [1.54, 1.807) is 11.3 Å². The number of benzene rings is 1. The summed E-state index contributed by atoms with van der Waals surface area (Å²) >= 11 is 6.62. The number of thiophene rings is 2. The fourth-order valence-electron chi connectivity index (χ4n) is 4.15. The Morgan fingerprint density at radius 1 is 1.00 bits per heavy atom. The van der Waals surface area contributed by atoms with Crippen LogP contribution in [0.5, 0.6) is 0 Å². The molecule has 0 aliphatic rings. The van der Waals surface area contributed by atoms with Crippen LogP contribution in [0.1, 0.15) is 74.9 Å². The van der Waals surface area contributed by atoms with Gasteiger partial charge in [0.05, 0.1) is 38.2 Å². The maximum absolute atomic E-state index is 12.9. The molecule has 4 nitrogen and oxygen atoms in total. The number of rotatable bonds is 12. The summed E-state index contributed by atoms with van der Waals surface area (Å²) in [5, 5.41) is 1.00. The van der Waals surface area contributed by atoms with Gasteiger partial charge in [-0.15, -0.1) is 22.7 Å². The number of hydrogen-bond donors (Lipinski definition) is 0. The van der Waals surface area contributed by atoms with Crippen LogP contribution in [-0.2, 0) is 4.74 Å². The molecule has 0 radical (unpaired) electrons. The molecule has 7 heteroatoms. The highest BCUT2D eigenvalue weighted by atomic mass is 79.9. The van der Waals surface area contributed by atoms with E-state index in [2.05, 4.69) is 34.8 Å². The van der Waals surface area contributed by atoms with E-state index in [9.17, 15) is 4.79 Å². The highest BCUT2D eigenvalue weighted by Gasteiger charge is 2.16. The van der Waals surface area contributed by atoms with Gasteiger partial charge < -0.3 is 4.74 Å². The summed E-state index contributed by atoms with van der Waals surface area (Å²) in [6, 6.07) is 10.0. The molecule has 34 heavy (non-hydrogen) atoms. The number of hydrogen-bond acceptors (Lipinski definition) is 6. The summed E-state index contributed by atoms with van der Waals surface area (Å²) in [4.78, 5) is 24.0. The number of carbonyl (C=O) groups excluding carboxylic acids is 1. The van der Waals surface area contributed by atoms with E-state index < -0.39 is 0 Å². The second kappa shape index (κ2) is 12.2.